The summed E-state index contributed by atoms with van der Waals surface area (Å²) >= 11 is 0. The van der Waals surface area contributed by atoms with Gasteiger partial charge in [0.15, 0.2) is 5.82 Å². The number of hydrogen-bond acceptors (Lipinski definition) is 5. The fourth-order valence-electron chi connectivity index (χ4n) is 3.57. The van der Waals surface area contributed by atoms with E-state index in [1.165, 1.54) is 11.0 Å². The maximum absolute atomic E-state index is 4.67. The van der Waals surface area contributed by atoms with Crippen LogP contribution in [0.3, 0.4) is 0 Å². The number of aromatic nitrogens is 4. The van der Waals surface area contributed by atoms with Crippen molar-refractivity contribution in [1.29, 1.82) is 0 Å². The number of nitrogens with one attached hydrogen (secondary N) is 2. The Bertz CT molecular complexity index is 1160. The number of nitrogens with zero attached hydrogens (tertiary/aromatic N) is 4. The highest BCUT2D eigenvalue weighted by molar-refractivity contribution is 5.95. The van der Waals surface area contributed by atoms with Crippen LogP contribution in [0.1, 0.15) is 12.1 Å². The van der Waals surface area contributed by atoms with E-state index in [2.05, 4.69) is 67.8 Å². The minimum atomic E-state index is 0.734. The monoisotopic (exact) mass is 356 g/mol. The molecular weight excluding hydrogens is 336 g/mol. The molecule has 0 aliphatic carbocycles. The maximum Gasteiger partial charge on any atom is 0.178 e. The lowest BCUT2D eigenvalue weighted by Gasteiger charge is -2.22. The number of rotatable bonds is 3. The Balaban J connectivity index is 1.51. The van der Waals surface area contributed by atoms with Crippen LogP contribution < -0.4 is 5.32 Å². The second kappa shape index (κ2) is 6.48. The zero-order chi connectivity index (χ0) is 18.2. The van der Waals surface area contributed by atoms with E-state index in [4.69, 9.17) is 0 Å². The van der Waals surface area contributed by atoms with Gasteiger partial charge in [0, 0.05) is 36.6 Å². The van der Waals surface area contributed by atoms with Crippen LogP contribution in [0.4, 0.5) is 11.5 Å². The number of pyridine rings is 2. The molecule has 4 aromatic rings. The first-order chi connectivity index (χ1) is 13.3. The van der Waals surface area contributed by atoms with Crippen molar-refractivity contribution in [2.45, 2.75) is 6.42 Å². The minimum absolute atomic E-state index is 0.734. The van der Waals surface area contributed by atoms with Gasteiger partial charge in [0.05, 0.1) is 11.2 Å². The molecule has 0 amide bonds. The van der Waals surface area contributed by atoms with Gasteiger partial charge in [0.2, 0.25) is 0 Å². The Labute approximate surface area is 156 Å². The van der Waals surface area contributed by atoms with E-state index in [0.29, 0.717) is 0 Å². The third-order valence-corrected chi connectivity index (χ3v) is 5.06. The maximum atomic E-state index is 4.67. The van der Waals surface area contributed by atoms with Gasteiger partial charge >= 0.3 is 0 Å². The normalized spacial score (nSPS) is 15.2. The molecule has 0 unspecified atom stereocenters. The van der Waals surface area contributed by atoms with Crippen molar-refractivity contribution in [3.05, 3.63) is 60.6 Å². The van der Waals surface area contributed by atoms with E-state index in [0.717, 1.165) is 53.1 Å². The van der Waals surface area contributed by atoms with E-state index in [1.54, 1.807) is 6.20 Å². The Hall–Kier alpha value is -3.25. The fourth-order valence-corrected chi connectivity index (χ4v) is 3.57. The van der Waals surface area contributed by atoms with E-state index >= 15 is 0 Å². The molecule has 134 valence electrons. The lowest BCUT2D eigenvalue weighted by Crippen LogP contribution is -2.23. The van der Waals surface area contributed by atoms with E-state index in [9.17, 15) is 0 Å². The van der Waals surface area contributed by atoms with Gasteiger partial charge in [0.1, 0.15) is 5.52 Å². The van der Waals surface area contributed by atoms with Crippen molar-refractivity contribution in [1.82, 2.24) is 25.1 Å². The Morgan fingerprint density at radius 3 is 2.96 bits per heavy atom. The van der Waals surface area contributed by atoms with Crippen molar-refractivity contribution in [2.24, 2.45) is 0 Å². The molecule has 0 saturated carbocycles. The third kappa shape index (κ3) is 2.94. The molecule has 6 heteroatoms. The zero-order valence-corrected chi connectivity index (χ0v) is 15.1. The summed E-state index contributed by atoms with van der Waals surface area (Å²) in [6.07, 6.45) is 7.00. The second-order valence-electron chi connectivity index (χ2n) is 6.93. The van der Waals surface area contributed by atoms with Crippen molar-refractivity contribution in [3.8, 4) is 0 Å². The highest BCUT2D eigenvalue weighted by Gasteiger charge is 2.14. The molecule has 2 N–H and O–H groups in total. The first-order valence-corrected chi connectivity index (χ1v) is 9.11. The van der Waals surface area contributed by atoms with Crippen molar-refractivity contribution < 1.29 is 0 Å². The summed E-state index contributed by atoms with van der Waals surface area (Å²) in [6, 6.07) is 12.3. The molecule has 0 atom stereocenters. The van der Waals surface area contributed by atoms with Gasteiger partial charge in [-0.1, -0.05) is 12.1 Å². The molecule has 6 nitrogen and oxygen atoms in total. The third-order valence-electron chi connectivity index (χ3n) is 5.06. The van der Waals surface area contributed by atoms with Crippen LogP contribution in [0.5, 0.6) is 0 Å². The minimum Gasteiger partial charge on any atom is -0.337 e. The first-order valence-electron chi connectivity index (χ1n) is 9.11. The van der Waals surface area contributed by atoms with Crippen LogP contribution in [-0.2, 0) is 0 Å². The summed E-state index contributed by atoms with van der Waals surface area (Å²) in [4.78, 5) is 11.4. The average Bonchev–Trinajstić information content (AvgIpc) is 3.11. The summed E-state index contributed by atoms with van der Waals surface area (Å²) in [6.45, 7) is 2.05. The quantitative estimate of drug-likeness (QED) is 0.581. The molecule has 3 aromatic heterocycles. The van der Waals surface area contributed by atoms with Crippen LogP contribution in [0.15, 0.2) is 54.9 Å². The van der Waals surface area contributed by atoms with Crippen LogP contribution >= 0.6 is 0 Å². The van der Waals surface area contributed by atoms with Crippen LogP contribution in [0, 0.1) is 0 Å². The van der Waals surface area contributed by atoms with Gasteiger partial charge in [-0.25, -0.2) is 0 Å². The molecule has 0 radical (unpaired) electrons. The smallest absolute Gasteiger partial charge is 0.178 e. The highest BCUT2D eigenvalue weighted by Crippen LogP contribution is 2.30. The first kappa shape index (κ1) is 16.0. The number of anilines is 2. The van der Waals surface area contributed by atoms with Gasteiger partial charge in [0.25, 0.3) is 0 Å². The van der Waals surface area contributed by atoms with Gasteiger partial charge in [-0.15, -0.1) is 0 Å². The van der Waals surface area contributed by atoms with E-state index < -0.39 is 0 Å². The molecule has 4 heterocycles. The number of hydrogen-bond donors (Lipinski definition) is 2. The number of benzene rings is 1. The Morgan fingerprint density at radius 2 is 2.07 bits per heavy atom. The van der Waals surface area contributed by atoms with Gasteiger partial charge < -0.3 is 10.2 Å². The number of H-pyrrole nitrogens is 1. The number of likely N-dealkylation sites (N-methyl/N-ethyl adjacent to an activating group) is 1. The summed E-state index contributed by atoms with van der Waals surface area (Å²) < 4.78 is 0. The average molecular weight is 356 g/mol. The molecule has 0 bridgehead atoms. The van der Waals surface area contributed by atoms with Crippen LogP contribution in [0.25, 0.3) is 27.4 Å². The molecule has 0 saturated heterocycles. The van der Waals surface area contributed by atoms with Gasteiger partial charge in [-0.3, -0.25) is 15.1 Å². The predicted octanol–water partition coefficient (Wildman–Crippen LogP) is 3.97. The largest absolute Gasteiger partial charge is 0.337 e. The highest BCUT2D eigenvalue weighted by atomic mass is 15.2. The standard InChI is InChI=1S/C21H20N6/c1-27-11-7-14(8-12-27)19-17-5-4-16(13-15(17)6-10-23-19)24-21-20-18(25-26-21)3-2-9-22-20/h2-7,9-10,13H,8,11-12H2,1H3,(H2,24,25,26). The summed E-state index contributed by atoms with van der Waals surface area (Å²) in [5, 5.41) is 13.1. The summed E-state index contributed by atoms with van der Waals surface area (Å²) in [5.74, 6) is 0.734. The van der Waals surface area contributed by atoms with Crippen molar-refractivity contribution in [3.63, 3.8) is 0 Å². The topological polar surface area (TPSA) is 69.7 Å². The molecule has 1 aromatic carbocycles. The second-order valence-corrected chi connectivity index (χ2v) is 6.93. The summed E-state index contributed by atoms with van der Waals surface area (Å²) in [5.41, 5.74) is 5.17. The van der Waals surface area contributed by atoms with Crippen molar-refractivity contribution in [2.75, 3.05) is 25.5 Å². The lowest BCUT2D eigenvalue weighted by molar-refractivity contribution is 0.370. The molecular formula is C21H20N6. The molecule has 1 aliphatic rings. The van der Waals surface area contributed by atoms with E-state index in [-0.39, 0.29) is 0 Å². The predicted molar refractivity (Wildman–Crippen MR) is 109 cm³/mol. The zero-order valence-electron chi connectivity index (χ0n) is 15.1. The fraction of sp³-hybridized carbons (Fsp3) is 0.190. The van der Waals surface area contributed by atoms with Crippen LogP contribution in [-0.4, -0.2) is 45.2 Å². The Morgan fingerprint density at radius 1 is 1.11 bits per heavy atom. The number of fused-ring (bicyclic) bond motifs is 2. The number of aromatic amines is 1. The van der Waals surface area contributed by atoms with Crippen LogP contribution in [0.2, 0.25) is 0 Å². The van der Waals surface area contributed by atoms with Crippen molar-refractivity contribution >= 4 is 38.9 Å². The van der Waals surface area contributed by atoms with E-state index in [1.807, 2.05) is 18.3 Å². The SMILES string of the molecule is CN1CC=C(c2nccc3cc(Nc4n[nH]c5cccnc45)ccc23)CC1. The molecule has 5 rings (SSSR count). The molecule has 1 aliphatic heterocycles. The molecule has 27 heavy (non-hydrogen) atoms. The molecule has 0 fully saturated rings. The molecule has 0 spiro atoms. The summed E-state index contributed by atoms with van der Waals surface area (Å²) in [7, 11) is 2.15. The Kier molecular flexibility index (Phi) is 3.83. The van der Waals surface area contributed by atoms with Gasteiger partial charge in [-0.05, 0) is 54.8 Å². The van der Waals surface area contributed by atoms with Gasteiger partial charge in [-0.2, -0.15) is 5.10 Å². The lowest BCUT2D eigenvalue weighted by atomic mass is 9.99.